The number of anilines is 1. The zero-order valence-electron chi connectivity index (χ0n) is 14.1. The van der Waals surface area contributed by atoms with E-state index in [1.165, 1.54) is 0 Å². The van der Waals surface area contributed by atoms with Crippen molar-refractivity contribution < 1.29 is 26.5 Å². The number of aromatic nitrogens is 2. The molecule has 138 valence electrons. The Bertz CT molecular complexity index is 911. The summed E-state index contributed by atoms with van der Waals surface area (Å²) in [6, 6.07) is 15.1. The number of benzene rings is 2. The van der Waals surface area contributed by atoms with Crippen LogP contribution in [0.1, 0.15) is 6.42 Å². The van der Waals surface area contributed by atoms with Crippen LogP contribution in [0.5, 0.6) is 5.75 Å². The highest BCUT2D eigenvalue weighted by Gasteiger charge is 2.21. The fraction of sp³-hybridized carbons (Fsp3) is 0.222. The maximum atomic E-state index is 11.3. The minimum Gasteiger partial charge on any atom is -1.00 e. The Balaban J connectivity index is 0.00000243. The lowest BCUT2D eigenvalue weighted by Crippen LogP contribution is -3.00. The van der Waals surface area contributed by atoms with E-state index in [9.17, 15) is 4.79 Å². The number of aryl methyl sites for hydroxylation is 1. The lowest BCUT2D eigenvalue weighted by atomic mass is 10.3. The number of fused-ring (bicyclic) bond motifs is 1. The van der Waals surface area contributed by atoms with Gasteiger partial charge >= 0.3 is 5.95 Å². The van der Waals surface area contributed by atoms with Crippen LogP contribution in [-0.2, 0) is 17.9 Å². The molecule has 1 heterocycles. The van der Waals surface area contributed by atoms with Crippen molar-refractivity contribution in [3.63, 3.8) is 0 Å². The molecule has 1 amide bonds. The summed E-state index contributed by atoms with van der Waals surface area (Å²) in [5, 5.41) is 0.590. The summed E-state index contributed by atoms with van der Waals surface area (Å²) in [4.78, 5) is 11.3. The van der Waals surface area contributed by atoms with Gasteiger partial charge in [0, 0.05) is 6.42 Å². The third-order valence-corrected chi connectivity index (χ3v) is 4.26. The van der Waals surface area contributed by atoms with E-state index in [-0.39, 0.29) is 19.0 Å². The standard InChI is InChI=1S/C18H19ClN4O2.ClH/c19-13-6-1-4-9-16(13)25-11-5-10-22-14-7-2-3-8-15(14)23(18(22)21)12-17(20)24;/h1-4,6-9,21H,5,10-12H2,(H2,20,24);1H. The van der Waals surface area contributed by atoms with Gasteiger partial charge in [-0.25, -0.2) is 9.13 Å². The van der Waals surface area contributed by atoms with E-state index >= 15 is 0 Å². The maximum Gasteiger partial charge on any atom is 0.356 e. The molecule has 3 rings (SSSR count). The summed E-state index contributed by atoms with van der Waals surface area (Å²) in [5.41, 5.74) is 13.4. The molecule has 0 aliphatic carbocycles. The summed E-state index contributed by atoms with van der Waals surface area (Å²) in [6.07, 6.45) is 0.741. The van der Waals surface area contributed by atoms with Gasteiger partial charge in [0.15, 0.2) is 6.54 Å². The smallest absolute Gasteiger partial charge is 0.356 e. The molecule has 8 heteroatoms. The number of primary amides is 1. The van der Waals surface area contributed by atoms with E-state index in [4.69, 9.17) is 27.8 Å². The molecular weight excluding hydrogens is 375 g/mol. The first kappa shape index (κ1) is 19.9. The first-order chi connectivity index (χ1) is 12.1. The number of rotatable bonds is 7. The number of nitrogens with zero attached hydrogens (tertiary/aromatic N) is 2. The molecule has 3 aromatic rings. The van der Waals surface area contributed by atoms with Crippen LogP contribution in [0, 0.1) is 0 Å². The second-order valence-electron chi connectivity index (χ2n) is 5.68. The van der Waals surface area contributed by atoms with Crippen molar-refractivity contribution in [3.8, 4) is 5.75 Å². The average Bonchev–Trinajstić information content (AvgIpc) is 2.85. The van der Waals surface area contributed by atoms with Crippen LogP contribution in [0.4, 0.5) is 5.95 Å². The first-order valence-corrected chi connectivity index (χ1v) is 8.38. The third-order valence-electron chi connectivity index (χ3n) is 3.95. The van der Waals surface area contributed by atoms with Crippen LogP contribution in [0.2, 0.25) is 5.02 Å². The highest BCUT2D eigenvalue weighted by Crippen LogP contribution is 2.23. The number of hydrogen-bond donors (Lipinski definition) is 2. The zero-order valence-corrected chi connectivity index (χ0v) is 15.6. The fourth-order valence-electron chi connectivity index (χ4n) is 2.84. The Hall–Kier alpha value is -2.44. The molecule has 0 radical (unpaired) electrons. The molecule has 0 unspecified atom stereocenters. The average molecular weight is 395 g/mol. The molecule has 1 aromatic heterocycles. The lowest BCUT2D eigenvalue weighted by molar-refractivity contribution is -0.644. The summed E-state index contributed by atoms with van der Waals surface area (Å²) in [6.45, 7) is 1.21. The number of hydrogen-bond acceptors (Lipinski definition) is 3. The molecule has 26 heavy (non-hydrogen) atoms. The van der Waals surface area contributed by atoms with Gasteiger partial charge in [0.05, 0.1) is 18.2 Å². The molecule has 6 nitrogen and oxygen atoms in total. The van der Waals surface area contributed by atoms with Gasteiger partial charge in [-0.3, -0.25) is 10.5 Å². The van der Waals surface area contributed by atoms with E-state index in [0.717, 1.165) is 17.5 Å². The summed E-state index contributed by atoms with van der Waals surface area (Å²) >= 11 is 6.08. The number of halogens is 2. The number of nitrogen functional groups attached to an aromatic ring is 1. The van der Waals surface area contributed by atoms with E-state index in [2.05, 4.69) is 0 Å². The van der Waals surface area contributed by atoms with Gasteiger partial charge in [0.25, 0.3) is 5.91 Å². The largest absolute Gasteiger partial charge is 1.00 e. The van der Waals surface area contributed by atoms with Crippen molar-refractivity contribution in [3.05, 3.63) is 53.6 Å². The van der Waals surface area contributed by atoms with Crippen molar-refractivity contribution in [1.29, 1.82) is 0 Å². The molecule has 0 saturated heterocycles. The first-order valence-electron chi connectivity index (χ1n) is 8.00. The number of carbonyl (C=O) groups excluding carboxylic acids is 1. The molecule has 0 bridgehead atoms. The Morgan fingerprint density at radius 3 is 2.58 bits per heavy atom. The Kier molecular flexibility index (Phi) is 6.71. The lowest BCUT2D eigenvalue weighted by Gasteiger charge is -2.07. The summed E-state index contributed by atoms with van der Waals surface area (Å²) < 4.78 is 9.41. The van der Waals surface area contributed by atoms with Gasteiger partial charge in [0.1, 0.15) is 16.8 Å². The Labute approximate surface area is 162 Å². The number of nitrogens with two attached hydrogens (primary N) is 2. The minimum absolute atomic E-state index is 0. The molecule has 2 aromatic carbocycles. The summed E-state index contributed by atoms with van der Waals surface area (Å²) in [5.74, 6) is 0.734. The van der Waals surface area contributed by atoms with Crippen molar-refractivity contribution >= 4 is 34.5 Å². The van der Waals surface area contributed by atoms with Gasteiger partial charge in [-0.2, -0.15) is 0 Å². The van der Waals surface area contributed by atoms with E-state index < -0.39 is 5.91 Å². The Morgan fingerprint density at radius 1 is 1.15 bits per heavy atom. The molecule has 0 atom stereocenters. The molecule has 0 spiro atoms. The third kappa shape index (κ3) is 4.20. The van der Waals surface area contributed by atoms with E-state index in [1.54, 1.807) is 10.6 Å². The molecule has 0 fully saturated rings. The van der Waals surface area contributed by atoms with Gasteiger partial charge in [-0.15, -0.1) is 0 Å². The maximum absolute atomic E-state index is 11.3. The second kappa shape index (κ2) is 8.78. The highest BCUT2D eigenvalue weighted by molar-refractivity contribution is 6.32. The molecule has 4 N–H and O–H groups in total. The van der Waals surface area contributed by atoms with Crippen molar-refractivity contribution in [2.75, 3.05) is 12.3 Å². The van der Waals surface area contributed by atoms with Crippen LogP contribution < -0.4 is 33.2 Å². The highest BCUT2D eigenvalue weighted by atomic mass is 35.5. The van der Waals surface area contributed by atoms with Gasteiger partial charge in [0.2, 0.25) is 0 Å². The molecule has 0 aliphatic rings. The van der Waals surface area contributed by atoms with Gasteiger partial charge < -0.3 is 22.9 Å². The van der Waals surface area contributed by atoms with Crippen LogP contribution in [0.3, 0.4) is 0 Å². The van der Waals surface area contributed by atoms with Crippen molar-refractivity contribution in [1.82, 2.24) is 4.57 Å². The molecule has 0 saturated carbocycles. The minimum atomic E-state index is -0.429. The molecular formula is C18H20Cl2N4O2. The van der Waals surface area contributed by atoms with Crippen molar-refractivity contribution in [2.45, 2.75) is 19.5 Å². The zero-order chi connectivity index (χ0) is 17.8. The normalized spacial score (nSPS) is 10.5. The fourth-order valence-corrected chi connectivity index (χ4v) is 3.03. The van der Waals surface area contributed by atoms with Crippen LogP contribution >= 0.6 is 11.6 Å². The quantitative estimate of drug-likeness (QED) is 0.403. The van der Waals surface area contributed by atoms with Gasteiger partial charge in [-0.05, 0) is 24.3 Å². The topological polar surface area (TPSA) is 87.2 Å². The van der Waals surface area contributed by atoms with Crippen LogP contribution in [0.25, 0.3) is 11.0 Å². The number of carbonyl (C=O) groups is 1. The number of amides is 1. The number of para-hydroxylation sites is 3. The predicted octanol–water partition coefficient (Wildman–Crippen LogP) is -0.877. The number of ether oxygens (including phenoxy) is 1. The predicted molar refractivity (Wildman–Crippen MR) is 97.3 cm³/mol. The second-order valence-corrected chi connectivity index (χ2v) is 6.09. The monoisotopic (exact) mass is 394 g/mol. The number of imidazole rings is 1. The SMILES string of the molecule is NC(=O)C[n+]1c(N)n(CCCOc2ccccc2Cl)c2ccccc21.[Cl-]. The molecule has 0 aliphatic heterocycles. The van der Waals surface area contributed by atoms with Gasteiger partial charge in [-0.1, -0.05) is 35.9 Å². The van der Waals surface area contributed by atoms with Crippen LogP contribution in [0.15, 0.2) is 48.5 Å². The van der Waals surface area contributed by atoms with Crippen LogP contribution in [-0.4, -0.2) is 17.1 Å². The van der Waals surface area contributed by atoms with E-state index in [1.807, 2.05) is 47.0 Å². The van der Waals surface area contributed by atoms with E-state index in [0.29, 0.717) is 29.9 Å². The van der Waals surface area contributed by atoms with Crippen molar-refractivity contribution in [2.24, 2.45) is 5.73 Å². The summed E-state index contributed by atoms with van der Waals surface area (Å²) in [7, 11) is 0. The Morgan fingerprint density at radius 2 is 1.85 bits per heavy atom.